The maximum atomic E-state index is 6.18. The van der Waals surface area contributed by atoms with Gasteiger partial charge in [-0.3, -0.25) is 0 Å². The van der Waals surface area contributed by atoms with Crippen molar-refractivity contribution in [1.82, 2.24) is 14.9 Å². The van der Waals surface area contributed by atoms with Crippen molar-refractivity contribution < 1.29 is 0 Å². The van der Waals surface area contributed by atoms with Crippen molar-refractivity contribution in [3.63, 3.8) is 0 Å². The zero-order chi connectivity index (χ0) is 14.3. The molecule has 1 aliphatic carbocycles. The van der Waals surface area contributed by atoms with E-state index in [2.05, 4.69) is 35.8 Å². The number of hydrogen-bond donors (Lipinski definition) is 0. The first-order valence-electron chi connectivity index (χ1n) is 7.50. The van der Waals surface area contributed by atoms with Gasteiger partial charge < -0.3 is 9.80 Å². The van der Waals surface area contributed by atoms with Crippen LogP contribution in [0.15, 0.2) is 6.07 Å². The lowest BCUT2D eigenvalue weighted by molar-refractivity contribution is 0.193. The molecule has 0 amide bonds. The van der Waals surface area contributed by atoms with E-state index in [9.17, 15) is 0 Å². The fourth-order valence-corrected chi connectivity index (χ4v) is 3.40. The van der Waals surface area contributed by atoms with Gasteiger partial charge in [0, 0.05) is 31.6 Å². The van der Waals surface area contributed by atoms with Crippen LogP contribution in [-0.2, 0) is 0 Å². The second-order valence-electron chi connectivity index (χ2n) is 6.39. The molecule has 2 fully saturated rings. The first-order valence-corrected chi connectivity index (χ1v) is 7.88. The van der Waals surface area contributed by atoms with E-state index in [4.69, 9.17) is 16.6 Å². The van der Waals surface area contributed by atoms with Crippen LogP contribution in [0.4, 0.5) is 5.82 Å². The first-order chi connectivity index (χ1) is 9.54. The van der Waals surface area contributed by atoms with E-state index in [1.807, 2.05) is 6.07 Å². The molecule has 1 saturated heterocycles. The minimum Gasteiger partial charge on any atom is -0.356 e. The molecule has 1 aromatic heterocycles. The third-order valence-corrected chi connectivity index (χ3v) is 4.76. The highest BCUT2D eigenvalue weighted by Gasteiger charge is 2.31. The Morgan fingerprint density at radius 2 is 2.05 bits per heavy atom. The predicted octanol–water partition coefficient (Wildman–Crippen LogP) is 2.78. The number of nitrogens with zero attached hydrogens (tertiary/aromatic N) is 4. The van der Waals surface area contributed by atoms with Crippen LogP contribution in [0.25, 0.3) is 0 Å². The molecular weight excluding hydrogens is 272 g/mol. The van der Waals surface area contributed by atoms with Gasteiger partial charge in [0.1, 0.15) is 16.8 Å². The van der Waals surface area contributed by atoms with E-state index >= 15 is 0 Å². The molecule has 2 atom stereocenters. The fraction of sp³-hybridized carbons (Fsp3) is 0.733. The van der Waals surface area contributed by atoms with Gasteiger partial charge in [0.05, 0.1) is 0 Å². The van der Waals surface area contributed by atoms with Crippen molar-refractivity contribution in [2.45, 2.75) is 38.1 Å². The molecule has 0 radical (unpaired) electrons. The molecule has 5 heteroatoms. The second-order valence-corrected chi connectivity index (χ2v) is 6.78. The summed E-state index contributed by atoms with van der Waals surface area (Å²) in [5.41, 5.74) is 0. The Kier molecular flexibility index (Phi) is 3.87. The van der Waals surface area contributed by atoms with Gasteiger partial charge in [-0.05, 0) is 38.8 Å². The first kappa shape index (κ1) is 14.1. The number of hydrogen-bond acceptors (Lipinski definition) is 4. The van der Waals surface area contributed by atoms with Crippen LogP contribution in [0, 0.1) is 5.92 Å². The van der Waals surface area contributed by atoms with Gasteiger partial charge in [0.15, 0.2) is 0 Å². The molecule has 0 aromatic carbocycles. The van der Waals surface area contributed by atoms with E-state index in [1.165, 1.54) is 19.3 Å². The molecule has 3 rings (SSSR count). The van der Waals surface area contributed by atoms with Crippen LogP contribution < -0.4 is 4.90 Å². The molecule has 4 nitrogen and oxygen atoms in total. The Morgan fingerprint density at radius 3 is 2.70 bits per heavy atom. The normalized spacial score (nSPS) is 27.6. The van der Waals surface area contributed by atoms with Crippen molar-refractivity contribution >= 4 is 17.4 Å². The van der Waals surface area contributed by atoms with Gasteiger partial charge in [-0.15, -0.1) is 0 Å². The highest BCUT2D eigenvalue weighted by molar-refractivity contribution is 6.29. The molecule has 2 unspecified atom stereocenters. The molecule has 1 aliphatic heterocycles. The number of anilines is 1. The highest BCUT2D eigenvalue weighted by Crippen LogP contribution is 2.39. The summed E-state index contributed by atoms with van der Waals surface area (Å²) in [5, 5.41) is 0.573. The maximum absolute atomic E-state index is 6.18. The van der Waals surface area contributed by atoms with E-state index in [1.54, 1.807) is 0 Å². The average Bonchev–Trinajstić information content (AvgIpc) is 3.21. The van der Waals surface area contributed by atoms with Crippen molar-refractivity contribution in [1.29, 1.82) is 0 Å². The van der Waals surface area contributed by atoms with Gasteiger partial charge in [-0.25, -0.2) is 9.97 Å². The van der Waals surface area contributed by atoms with Crippen LogP contribution in [0.2, 0.25) is 5.15 Å². The third-order valence-electron chi connectivity index (χ3n) is 4.56. The number of aromatic nitrogens is 2. The third kappa shape index (κ3) is 2.91. The summed E-state index contributed by atoms with van der Waals surface area (Å²) >= 11 is 6.18. The Balaban J connectivity index is 1.80. The van der Waals surface area contributed by atoms with Crippen molar-refractivity contribution in [2.75, 3.05) is 32.1 Å². The van der Waals surface area contributed by atoms with E-state index in [0.717, 1.165) is 24.7 Å². The summed E-state index contributed by atoms with van der Waals surface area (Å²) < 4.78 is 0. The quantitative estimate of drug-likeness (QED) is 0.803. The van der Waals surface area contributed by atoms with Crippen LogP contribution in [-0.4, -0.2) is 48.1 Å². The van der Waals surface area contributed by atoms with Gasteiger partial charge in [-0.1, -0.05) is 18.5 Å². The Morgan fingerprint density at radius 1 is 1.30 bits per heavy atom. The molecule has 0 N–H and O–H groups in total. The Bertz CT molecular complexity index is 489. The number of rotatable bonds is 3. The van der Waals surface area contributed by atoms with E-state index in [-0.39, 0.29) is 0 Å². The SMILES string of the molecule is CC1CN(C)CCC1N(C)c1cc(Cl)nc(C2CC2)n1. The van der Waals surface area contributed by atoms with Crippen molar-refractivity contribution in [3.05, 3.63) is 17.0 Å². The van der Waals surface area contributed by atoms with E-state index in [0.29, 0.717) is 23.0 Å². The molecule has 2 aliphatic rings. The number of piperidine rings is 1. The highest BCUT2D eigenvalue weighted by atomic mass is 35.5. The summed E-state index contributed by atoms with van der Waals surface area (Å²) in [6.45, 7) is 4.61. The predicted molar refractivity (Wildman–Crippen MR) is 82.5 cm³/mol. The summed E-state index contributed by atoms with van der Waals surface area (Å²) in [7, 11) is 4.33. The van der Waals surface area contributed by atoms with Gasteiger partial charge in [0.2, 0.25) is 0 Å². The lowest BCUT2D eigenvalue weighted by Crippen LogP contribution is -2.48. The van der Waals surface area contributed by atoms with Crippen LogP contribution in [0.3, 0.4) is 0 Å². The summed E-state index contributed by atoms with van der Waals surface area (Å²) in [5.74, 6) is 3.08. The molecule has 0 bridgehead atoms. The standard InChI is InChI=1S/C15H23ClN4/c1-10-9-19(2)7-6-12(10)20(3)14-8-13(16)17-15(18-14)11-4-5-11/h8,10-12H,4-7,9H2,1-3H3. The summed E-state index contributed by atoms with van der Waals surface area (Å²) in [6.07, 6.45) is 3.58. The minimum atomic E-state index is 0.532. The van der Waals surface area contributed by atoms with Gasteiger partial charge in [-0.2, -0.15) is 0 Å². The smallest absolute Gasteiger partial charge is 0.135 e. The lowest BCUT2D eigenvalue weighted by Gasteiger charge is -2.40. The monoisotopic (exact) mass is 294 g/mol. The second kappa shape index (κ2) is 5.49. The zero-order valence-corrected chi connectivity index (χ0v) is 13.3. The van der Waals surface area contributed by atoms with Gasteiger partial charge >= 0.3 is 0 Å². The van der Waals surface area contributed by atoms with Crippen LogP contribution >= 0.6 is 11.6 Å². The average molecular weight is 295 g/mol. The Labute approximate surface area is 126 Å². The summed E-state index contributed by atoms with van der Waals surface area (Å²) in [4.78, 5) is 13.8. The summed E-state index contributed by atoms with van der Waals surface area (Å²) in [6, 6.07) is 2.43. The maximum Gasteiger partial charge on any atom is 0.135 e. The molecule has 1 aromatic rings. The largest absolute Gasteiger partial charge is 0.356 e. The van der Waals surface area contributed by atoms with Crippen LogP contribution in [0.1, 0.15) is 37.9 Å². The topological polar surface area (TPSA) is 32.3 Å². The zero-order valence-electron chi connectivity index (χ0n) is 12.5. The molecule has 0 spiro atoms. The Hall–Kier alpha value is -0.870. The molecule has 2 heterocycles. The van der Waals surface area contributed by atoms with Crippen LogP contribution in [0.5, 0.6) is 0 Å². The van der Waals surface area contributed by atoms with Crippen molar-refractivity contribution in [3.8, 4) is 0 Å². The fourth-order valence-electron chi connectivity index (χ4n) is 3.21. The van der Waals surface area contributed by atoms with E-state index < -0.39 is 0 Å². The molecule has 20 heavy (non-hydrogen) atoms. The molecule has 110 valence electrons. The van der Waals surface area contributed by atoms with Crippen molar-refractivity contribution in [2.24, 2.45) is 5.92 Å². The number of halogens is 1. The molecular formula is C15H23ClN4. The molecule has 1 saturated carbocycles. The lowest BCUT2D eigenvalue weighted by atomic mass is 9.93. The van der Waals surface area contributed by atoms with Gasteiger partial charge in [0.25, 0.3) is 0 Å². The number of likely N-dealkylation sites (tertiary alicyclic amines) is 1. The minimum absolute atomic E-state index is 0.532.